The van der Waals surface area contributed by atoms with E-state index in [9.17, 15) is 9.59 Å². The number of nitrogens with zero attached hydrogens (tertiary/aromatic N) is 2. The molecule has 1 fully saturated rings. The van der Waals surface area contributed by atoms with Crippen molar-refractivity contribution in [3.63, 3.8) is 0 Å². The van der Waals surface area contributed by atoms with Crippen molar-refractivity contribution in [2.75, 3.05) is 20.2 Å². The summed E-state index contributed by atoms with van der Waals surface area (Å²) in [5.74, 6) is 0.540. The molecule has 1 unspecified atom stereocenters. The molecule has 1 aliphatic rings. The van der Waals surface area contributed by atoms with Gasteiger partial charge in [-0.15, -0.1) is 0 Å². The molecule has 1 aliphatic heterocycles. The maximum absolute atomic E-state index is 12.5. The molecular weight excluding hydrogens is 466 g/mol. The number of alkyl carbamates (subject to hydrolysis) is 1. The number of para-hydroxylation sites is 1. The second-order valence-corrected chi connectivity index (χ2v) is 9.64. The fourth-order valence-corrected chi connectivity index (χ4v) is 5.35. The van der Waals surface area contributed by atoms with E-state index in [1.165, 1.54) is 34.3 Å². The molecular formula is C30H33N3O4. The lowest BCUT2D eigenvalue weighted by atomic mass is 10.1. The van der Waals surface area contributed by atoms with E-state index >= 15 is 0 Å². The highest BCUT2D eigenvalue weighted by Crippen LogP contribution is 2.30. The molecule has 1 atom stereocenters. The van der Waals surface area contributed by atoms with E-state index < -0.39 is 6.09 Å². The summed E-state index contributed by atoms with van der Waals surface area (Å²) in [6, 6.07) is 20.5. The molecule has 1 saturated heterocycles. The van der Waals surface area contributed by atoms with E-state index in [1.807, 2.05) is 0 Å². The van der Waals surface area contributed by atoms with Crippen molar-refractivity contribution < 1.29 is 19.1 Å². The normalized spacial score (nSPS) is 15.8. The number of fused-ring (bicyclic) bond motifs is 3. The molecule has 192 valence electrons. The molecule has 0 radical (unpaired) electrons. The highest BCUT2D eigenvalue weighted by atomic mass is 16.5. The van der Waals surface area contributed by atoms with Crippen LogP contribution in [-0.2, 0) is 24.4 Å². The lowest BCUT2D eigenvalue weighted by Gasteiger charge is -2.17. The first-order valence-corrected chi connectivity index (χ1v) is 12.8. The SMILES string of the molecule is CCn1c2ccccc2c2cc(CN3CCC(NC(=O)OCc4cc(C(C)=O)ccc4OC)C3)ccc21. The largest absolute Gasteiger partial charge is 0.496 e. The molecule has 1 aromatic heterocycles. The average molecular weight is 500 g/mol. The minimum absolute atomic E-state index is 0.0312. The molecule has 7 heteroatoms. The molecule has 4 aromatic rings. The quantitative estimate of drug-likeness (QED) is 0.323. The van der Waals surface area contributed by atoms with Crippen LogP contribution >= 0.6 is 0 Å². The molecule has 0 bridgehead atoms. The Bertz CT molecular complexity index is 1460. The second-order valence-electron chi connectivity index (χ2n) is 9.64. The highest BCUT2D eigenvalue weighted by Gasteiger charge is 2.25. The molecule has 1 N–H and O–H groups in total. The van der Waals surface area contributed by atoms with Gasteiger partial charge in [0.1, 0.15) is 12.4 Å². The van der Waals surface area contributed by atoms with E-state index in [0.29, 0.717) is 16.9 Å². The zero-order valence-corrected chi connectivity index (χ0v) is 21.6. The Morgan fingerprint density at radius 3 is 2.62 bits per heavy atom. The van der Waals surface area contributed by atoms with Gasteiger partial charge in [0.25, 0.3) is 0 Å². The fourth-order valence-electron chi connectivity index (χ4n) is 5.35. The Hall–Kier alpha value is -3.84. The summed E-state index contributed by atoms with van der Waals surface area (Å²) in [5, 5.41) is 5.57. The summed E-state index contributed by atoms with van der Waals surface area (Å²) >= 11 is 0. The lowest BCUT2D eigenvalue weighted by molar-refractivity contribution is 0.101. The zero-order valence-electron chi connectivity index (χ0n) is 21.6. The molecule has 1 amide bonds. The number of hydrogen-bond donors (Lipinski definition) is 1. The van der Waals surface area contributed by atoms with Gasteiger partial charge < -0.3 is 19.4 Å². The van der Waals surface area contributed by atoms with Crippen molar-refractivity contribution in [2.24, 2.45) is 0 Å². The summed E-state index contributed by atoms with van der Waals surface area (Å²) in [7, 11) is 1.55. The second kappa shape index (κ2) is 10.6. The predicted octanol–water partition coefficient (Wildman–Crippen LogP) is 5.53. The van der Waals surface area contributed by atoms with Gasteiger partial charge in [-0.1, -0.05) is 24.3 Å². The van der Waals surface area contributed by atoms with Crippen molar-refractivity contribution >= 4 is 33.7 Å². The van der Waals surface area contributed by atoms with Gasteiger partial charge in [0.2, 0.25) is 0 Å². The topological polar surface area (TPSA) is 72.8 Å². The maximum Gasteiger partial charge on any atom is 0.407 e. The number of benzene rings is 3. The lowest BCUT2D eigenvalue weighted by Crippen LogP contribution is -2.37. The van der Waals surface area contributed by atoms with Crippen LogP contribution in [0.1, 0.15) is 41.8 Å². The van der Waals surface area contributed by atoms with Gasteiger partial charge in [-0.2, -0.15) is 0 Å². The number of ether oxygens (including phenoxy) is 2. The van der Waals surface area contributed by atoms with Gasteiger partial charge in [-0.25, -0.2) is 4.79 Å². The first-order valence-electron chi connectivity index (χ1n) is 12.8. The van der Waals surface area contributed by atoms with Crippen LogP contribution in [0.15, 0.2) is 60.7 Å². The first-order chi connectivity index (χ1) is 18.0. The molecule has 3 aromatic carbocycles. The van der Waals surface area contributed by atoms with Gasteiger partial charge in [0.05, 0.1) is 7.11 Å². The van der Waals surface area contributed by atoms with E-state index in [2.05, 4.69) is 64.2 Å². The standard InChI is InChI=1S/C30H33N3O4/c1-4-33-27-8-6-5-7-25(27)26-15-21(9-11-28(26)33)17-32-14-13-24(18-32)31-30(35)37-19-23-16-22(20(2)34)10-12-29(23)36-3/h5-12,15-16,24H,4,13-14,17-19H2,1-3H3,(H,31,35). The summed E-state index contributed by atoms with van der Waals surface area (Å²) < 4.78 is 13.2. The number of rotatable bonds is 8. The van der Waals surface area contributed by atoms with E-state index in [-0.39, 0.29) is 18.4 Å². The summed E-state index contributed by atoms with van der Waals surface area (Å²) in [6.45, 7) is 7.19. The van der Waals surface area contributed by atoms with Crippen LogP contribution in [0.3, 0.4) is 0 Å². The highest BCUT2D eigenvalue weighted by molar-refractivity contribution is 6.08. The van der Waals surface area contributed by atoms with Crippen LogP contribution < -0.4 is 10.1 Å². The van der Waals surface area contributed by atoms with Gasteiger partial charge in [-0.3, -0.25) is 9.69 Å². The molecule has 0 spiro atoms. The van der Waals surface area contributed by atoms with Crippen LogP contribution in [0, 0.1) is 0 Å². The number of methoxy groups -OCH3 is 1. The monoisotopic (exact) mass is 499 g/mol. The molecule has 37 heavy (non-hydrogen) atoms. The maximum atomic E-state index is 12.5. The third kappa shape index (κ3) is 5.18. The number of likely N-dealkylation sites (tertiary alicyclic amines) is 1. The smallest absolute Gasteiger partial charge is 0.407 e. The van der Waals surface area contributed by atoms with Crippen molar-refractivity contribution in [3.8, 4) is 5.75 Å². The molecule has 2 heterocycles. The van der Waals surface area contributed by atoms with Crippen LogP contribution in [0.2, 0.25) is 0 Å². The van der Waals surface area contributed by atoms with Crippen molar-refractivity contribution in [1.29, 1.82) is 0 Å². The minimum atomic E-state index is -0.462. The molecule has 0 saturated carbocycles. The Labute approximate surface area is 217 Å². The molecule has 5 rings (SSSR count). The predicted molar refractivity (Wildman–Crippen MR) is 145 cm³/mol. The van der Waals surface area contributed by atoms with E-state index in [0.717, 1.165) is 32.6 Å². The number of amides is 1. The number of carbonyl (C=O) groups excluding carboxylic acids is 2. The van der Waals surface area contributed by atoms with Gasteiger partial charge >= 0.3 is 6.09 Å². The van der Waals surface area contributed by atoms with Crippen LogP contribution in [0.25, 0.3) is 21.8 Å². The number of ketones is 1. The van der Waals surface area contributed by atoms with Crippen LogP contribution in [-0.4, -0.2) is 47.6 Å². The summed E-state index contributed by atoms with van der Waals surface area (Å²) in [6.07, 6.45) is 0.409. The van der Waals surface area contributed by atoms with Crippen molar-refractivity contribution in [3.05, 3.63) is 77.4 Å². The Kier molecular flexibility index (Phi) is 7.15. The third-order valence-corrected chi connectivity index (χ3v) is 7.20. The van der Waals surface area contributed by atoms with Crippen LogP contribution in [0.5, 0.6) is 5.75 Å². The van der Waals surface area contributed by atoms with Gasteiger partial charge in [0, 0.05) is 65.2 Å². The fraction of sp³-hybridized carbons (Fsp3) is 0.333. The number of carbonyl (C=O) groups is 2. The third-order valence-electron chi connectivity index (χ3n) is 7.20. The van der Waals surface area contributed by atoms with Crippen LogP contribution in [0.4, 0.5) is 4.79 Å². The van der Waals surface area contributed by atoms with Gasteiger partial charge in [-0.05, 0) is 62.2 Å². The Morgan fingerprint density at radius 2 is 1.84 bits per heavy atom. The summed E-state index contributed by atoms with van der Waals surface area (Å²) in [5.41, 5.74) is 5.03. The first kappa shape index (κ1) is 24.8. The number of hydrogen-bond acceptors (Lipinski definition) is 5. The molecule has 7 nitrogen and oxygen atoms in total. The minimum Gasteiger partial charge on any atom is -0.496 e. The average Bonchev–Trinajstić information content (AvgIpc) is 3.48. The van der Waals surface area contributed by atoms with E-state index in [4.69, 9.17) is 9.47 Å². The zero-order chi connectivity index (χ0) is 25.9. The number of aromatic nitrogens is 1. The van der Waals surface area contributed by atoms with Crippen molar-refractivity contribution in [2.45, 2.75) is 46.0 Å². The number of nitrogens with one attached hydrogen (secondary N) is 1. The van der Waals surface area contributed by atoms with E-state index in [1.54, 1.807) is 25.3 Å². The Morgan fingerprint density at radius 1 is 1.03 bits per heavy atom. The number of Topliss-reactive ketones (excluding diaryl/α,β-unsaturated/α-hetero) is 1. The van der Waals surface area contributed by atoms with Gasteiger partial charge in [0.15, 0.2) is 5.78 Å². The molecule has 0 aliphatic carbocycles. The van der Waals surface area contributed by atoms with Crippen molar-refractivity contribution in [1.82, 2.24) is 14.8 Å². The Balaban J connectivity index is 1.19. The number of aryl methyl sites for hydroxylation is 1. The summed E-state index contributed by atoms with van der Waals surface area (Å²) in [4.78, 5) is 26.6.